The molecule has 0 aliphatic carbocycles. The lowest BCUT2D eigenvalue weighted by Gasteiger charge is -2.21. The molecule has 2 aromatic carbocycles. The number of primary amides is 1. The van der Waals surface area contributed by atoms with Gasteiger partial charge in [-0.1, -0.05) is 39.0 Å². The van der Waals surface area contributed by atoms with Crippen LogP contribution in [0.4, 0.5) is 13.2 Å². The smallest absolute Gasteiger partial charge is 0.365 e. The number of alkyl halides is 3. The Morgan fingerprint density at radius 1 is 1.17 bits per heavy atom. The molecule has 3 rings (SSSR count). The normalized spacial score (nSPS) is 12.0. The molecule has 0 spiro atoms. The van der Waals surface area contributed by atoms with Gasteiger partial charge in [0.05, 0.1) is 16.8 Å². The topological polar surface area (TPSA) is 65.1 Å². The van der Waals surface area contributed by atoms with Crippen molar-refractivity contribution in [1.29, 1.82) is 0 Å². The summed E-state index contributed by atoms with van der Waals surface area (Å²) in [5.41, 5.74) is 4.97. The van der Waals surface area contributed by atoms with Crippen molar-refractivity contribution in [1.82, 2.24) is 4.57 Å². The molecule has 1 aromatic heterocycles. The molecule has 3 aromatic rings. The van der Waals surface area contributed by atoms with Crippen LogP contribution in [-0.4, -0.2) is 10.5 Å². The minimum absolute atomic E-state index is 0.0942. The third kappa shape index (κ3) is 3.64. The van der Waals surface area contributed by atoms with Gasteiger partial charge in [0.15, 0.2) is 0 Å². The highest BCUT2D eigenvalue weighted by Gasteiger charge is 2.35. The van der Waals surface area contributed by atoms with Crippen molar-refractivity contribution in [2.75, 3.05) is 0 Å². The van der Waals surface area contributed by atoms with Crippen molar-refractivity contribution in [2.45, 2.75) is 39.3 Å². The molecule has 2 N–H and O–H groups in total. The Labute approximate surface area is 165 Å². The maximum absolute atomic E-state index is 13.9. The molecule has 152 valence electrons. The molecule has 0 aliphatic heterocycles. The number of halogens is 3. The van der Waals surface area contributed by atoms with Crippen molar-refractivity contribution in [2.24, 2.45) is 5.73 Å². The standard InChI is InChI=1S/C22H21F3N2O2/c1-4-13-6-5-7-15-19(13)27(11-16(20(15)28)21(26)29)18-9-8-14(12(2)3)10-17(18)22(23,24)25/h5-12H,4H2,1-3H3,(H2,26,29). The Kier molecular flexibility index (Phi) is 5.26. The van der Waals surface area contributed by atoms with Crippen LogP contribution in [0.5, 0.6) is 0 Å². The molecule has 0 radical (unpaired) electrons. The summed E-state index contributed by atoms with van der Waals surface area (Å²) in [5.74, 6) is -1.08. The number of nitrogens with two attached hydrogens (primary N) is 1. The molecular weight excluding hydrogens is 381 g/mol. The van der Waals surface area contributed by atoms with Crippen LogP contribution in [0.1, 0.15) is 53.7 Å². The Morgan fingerprint density at radius 2 is 1.86 bits per heavy atom. The number of hydrogen-bond donors (Lipinski definition) is 1. The number of aromatic nitrogens is 1. The minimum atomic E-state index is -4.62. The first-order chi connectivity index (χ1) is 13.6. The maximum atomic E-state index is 13.9. The fraction of sp³-hybridized carbons (Fsp3) is 0.273. The molecular formula is C22H21F3N2O2. The van der Waals surface area contributed by atoms with Gasteiger partial charge in [0, 0.05) is 11.6 Å². The van der Waals surface area contributed by atoms with Crippen molar-refractivity contribution in [3.8, 4) is 5.69 Å². The average molecular weight is 402 g/mol. The molecule has 7 heteroatoms. The van der Waals surface area contributed by atoms with Gasteiger partial charge in [-0.15, -0.1) is 0 Å². The van der Waals surface area contributed by atoms with Crippen molar-refractivity contribution >= 4 is 16.8 Å². The SMILES string of the molecule is CCc1cccc2c(=O)c(C(N)=O)cn(-c3ccc(C(C)C)cc3C(F)(F)F)c12. The average Bonchev–Trinajstić information content (AvgIpc) is 2.66. The first-order valence-electron chi connectivity index (χ1n) is 9.24. The van der Waals surface area contributed by atoms with Crippen LogP contribution in [0.15, 0.2) is 47.4 Å². The summed E-state index contributed by atoms with van der Waals surface area (Å²) in [4.78, 5) is 24.5. The van der Waals surface area contributed by atoms with Crippen LogP contribution in [0.25, 0.3) is 16.6 Å². The van der Waals surface area contributed by atoms with Gasteiger partial charge in [-0.2, -0.15) is 13.2 Å². The number of carbonyl (C=O) groups is 1. The molecule has 4 nitrogen and oxygen atoms in total. The number of pyridine rings is 1. The van der Waals surface area contributed by atoms with Crippen molar-refractivity contribution in [3.05, 3.63) is 75.1 Å². The summed E-state index contributed by atoms with van der Waals surface area (Å²) in [6.07, 6.45) is -3.01. The molecule has 0 aliphatic rings. The van der Waals surface area contributed by atoms with Gasteiger partial charge in [-0.25, -0.2) is 0 Å². The highest BCUT2D eigenvalue weighted by atomic mass is 19.4. The van der Waals surface area contributed by atoms with E-state index in [1.54, 1.807) is 18.2 Å². The summed E-state index contributed by atoms with van der Waals surface area (Å²) in [6, 6.07) is 9.00. The second-order valence-corrected chi connectivity index (χ2v) is 7.20. The second-order valence-electron chi connectivity index (χ2n) is 7.20. The van der Waals surface area contributed by atoms with E-state index >= 15 is 0 Å². The highest BCUT2D eigenvalue weighted by Crippen LogP contribution is 2.37. The summed E-state index contributed by atoms with van der Waals surface area (Å²) < 4.78 is 43.1. The Balaban J connectivity index is 2.52. The predicted molar refractivity (Wildman–Crippen MR) is 107 cm³/mol. The predicted octanol–water partition coefficient (Wildman–Crippen LogP) is 4.79. The lowest BCUT2D eigenvalue weighted by molar-refractivity contribution is -0.137. The van der Waals surface area contributed by atoms with Gasteiger partial charge in [0.1, 0.15) is 5.56 Å². The van der Waals surface area contributed by atoms with Crippen LogP contribution in [0.2, 0.25) is 0 Å². The van der Waals surface area contributed by atoms with E-state index < -0.39 is 23.1 Å². The molecule has 0 bridgehead atoms. The maximum Gasteiger partial charge on any atom is 0.418 e. The number of benzene rings is 2. The number of amides is 1. The molecule has 0 saturated carbocycles. The van der Waals surface area contributed by atoms with E-state index in [0.29, 0.717) is 23.1 Å². The molecule has 0 saturated heterocycles. The Bertz CT molecular complexity index is 1160. The summed E-state index contributed by atoms with van der Waals surface area (Å²) in [5, 5.41) is 0.154. The van der Waals surface area contributed by atoms with Gasteiger partial charge in [-0.05, 0) is 41.7 Å². The molecule has 29 heavy (non-hydrogen) atoms. The van der Waals surface area contributed by atoms with Gasteiger partial charge in [-0.3, -0.25) is 9.59 Å². The number of para-hydroxylation sites is 1. The number of nitrogens with zero attached hydrogens (tertiary/aromatic N) is 1. The lowest BCUT2D eigenvalue weighted by atomic mass is 9.98. The van der Waals surface area contributed by atoms with Gasteiger partial charge in [0.2, 0.25) is 5.43 Å². The van der Waals surface area contributed by atoms with Gasteiger partial charge >= 0.3 is 6.18 Å². The fourth-order valence-corrected chi connectivity index (χ4v) is 3.46. The molecule has 0 fully saturated rings. The third-order valence-electron chi connectivity index (χ3n) is 5.01. The van der Waals surface area contributed by atoms with E-state index in [2.05, 4.69) is 0 Å². The van der Waals surface area contributed by atoms with Gasteiger partial charge in [0.25, 0.3) is 5.91 Å². The van der Waals surface area contributed by atoms with E-state index in [1.165, 1.54) is 16.7 Å². The fourth-order valence-electron chi connectivity index (χ4n) is 3.46. The summed E-state index contributed by atoms with van der Waals surface area (Å²) >= 11 is 0. The van der Waals surface area contributed by atoms with E-state index in [9.17, 15) is 22.8 Å². The van der Waals surface area contributed by atoms with Crippen LogP contribution in [0.3, 0.4) is 0 Å². The number of rotatable bonds is 4. The van der Waals surface area contributed by atoms with E-state index in [4.69, 9.17) is 5.73 Å². The number of hydrogen-bond acceptors (Lipinski definition) is 2. The molecule has 0 unspecified atom stereocenters. The Morgan fingerprint density at radius 3 is 2.41 bits per heavy atom. The molecule has 1 heterocycles. The van der Waals surface area contributed by atoms with Crippen LogP contribution < -0.4 is 11.2 Å². The first kappa shape index (κ1) is 20.6. The number of fused-ring (bicyclic) bond motifs is 1. The zero-order valence-corrected chi connectivity index (χ0v) is 16.3. The Hall–Kier alpha value is -3.09. The van der Waals surface area contributed by atoms with Crippen molar-refractivity contribution < 1.29 is 18.0 Å². The lowest BCUT2D eigenvalue weighted by Crippen LogP contribution is -2.25. The van der Waals surface area contributed by atoms with E-state index in [-0.39, 0.29) is 22.6 Å². The summed E-state index contributed by atoms with van der Waals surface area (Å²) in [6.45, 7) is 5.47. The number of carbonyl (C=O) groups excluding carboxylic acids is 1. The van der Waals surface area contributed by atoms with E-state index in [1.807, 2.05) is 20.8 Å². The zero-order valence-electron chi connectivity index (χ0n) is 16.3. The second kappa shape index (κ2) is 7.39. The van der Waals surface area contributed by atoms with Crippen molar-refractivity contribution in [3.63, 3.8) is 0 Å². The van der Waals surface area contributed by atoms with E-state index in [0.717, 1.165) is 12.3 Å². The van der Waals surface area contributed by atoms with Gasteiger partial charge < -0.3 is 10.3 Å². The minimum Gasteiger partial charge on any atom is -0.365 e. The quantitative estimate of drug-likeness (QED) is 0.682. The monoisotopic (exact) mass is 402 g/mol. The van der Waals surface area contributed by atoms with Crippen LogP contribution >= 0.6 is 0 Å². The van der Waals surface area contributed by atoms with Crippen LogP contribution in [0, 0.1) is 0 Å². The first-order valence-corrected chi connectivity index (χ1v) is 9.24. The number of aryl methyl sites for hydroxylation is 1. The largest absolute Gasteiger partial charge is 0.418 e. The van der Waals surface area contributed by atoms with Crippen LogP contribution in [-0.2, 0) is 12.6 Å². The molecule has 0 atom stereocenters. The third-order valence-corrected chi connectivity index (χ3v) is 5.01. The summed E-state index contributed by atoms with van der Waals surface area (Å²) in [7, 11) is 0. The highest BCUT2D eigenvalue weighted by molar-refractivity contribution is 5.97. The zero-order chi connectivity index (χ0) is 21.5. The molecule has 1 amide bonds.